The molecule has 0 atom stereocenters. The monoisotopic (exact) mass is 581 g/mol. The number of hydrogen-bond donors (Lipinski definition) is 2. The average molecular weight is 581 g/mol. The normalized spacial score (nSPS) is 11.3. The van der Waals surface area contributed by atoms with E-state index >= 15 is 0 Å². The molecular weight excluding hydrogens is 553 g/mol. The first-order valence-electron chi connectivity index (χ1n) is 15.0. The standard InChI is InChI=1S/C40H28BNO3/c43-41(44)37-24-21-30(25-36(37)28-13-5-2-6-14-28)42(31-20-23-35-34-17-9-10-18-38(34)45-39(35)26-31)40-32-16-8-7-15-29(32)19-22-33(40)27-11-3-1-4-12-27/h1-26,43-44H. The van der Waals surface area contributed by atoms with Gasteiger partial charge < -0.3 is 19.4 Å². The van der Waals surface area contributed by atoms with Gasteiger partial charge in [-0.05, 0) is 57.9 Å². The Balaban J connectivity index is 1.46. The van der Waals surface area contributed by atoms with Crippen LogP contribution in [0.2, 0.25) is 0 Å². The number of fused-ring (bicyclic) bond motifs is 4. The molecule has 0 spiro atoms. The highest BCUT2D eigenvalue weighted by Crippen LogP contribution is 2.46. The fraction of sp³-hybridized carbons (Fsp3) is 0. The molecule has 0 aliphatic carbocycles. The van der Waals surface area contributed by atoms with E-state index in [2.05, 4.69) is 89.8 Å². The van der Waals surface area contributed by atoms with Crippen LogP contribution in [0, 0.1) is 0 Å². The number of para-hydroxylation sites is 1. The van der Waals surface area contributed by atoms with Gasteiger partial charge in [-0.2, -0.15) is 0 Å². The van der Waals surface area contributed by atoms with Gasteiger partial charge in [0.2, 0.25) is 0 Å². The van der Waals surface area contributed by atoms with Crippen LogP contribution in [0.5, 0.6) is 0 Å². The molecule has 0 unspecified atom stereocenters. The largest absolute Gasteiger partial charge is 0.489 e. The Hall–Kier alpha value is -5.62. The zero-order valence-electron chi connectivity index (χ0n) is 24.3. The topological polar surface area (TPSA) is 56.8 Å². The highest BCUT2D eigenvalue weighted by Gasteiger charge is 2.24. The molecule has 1 heterocycles. The van der Waals surface area contributed by atoms with Gasteiger partial charge in [-0.3, -0.25) is 0 Å². The van der Waals surface area contributed by atoms with Crippen molar-refractivity contribution in [1.29, 1.82) is 0 Å². The number of nitrogens with zero attached hydrogens (tertiary/aromatic N) is 1. The Kier molecular flexibility index (Phi) is 6.68. The summed E-state index contributed by atoms with van der Waals surface area (Å²) < 4.78 is 6.37. The first-order chi connectivity index (χ1) is 22.2. The molecule has 7 aromatic carbocycles. The van der Waals surface area contributed by atoms with Crippen LogP contribution in [-0.2, 0) is 0 Å². The van der Waals surface area contributed by atoms with E-state index in [1.165, 1.54) is 0 Å². The minimum atomic E-state index is -1.62. The molecule has 0 bridgehead atoms. The zero-order valence-corrected chi connectivity index (χ0v) is 24.3. The van der Waals surface area contributed by atoms with Crippen LogP contribution in [0.1, 0.15) is 0 Å². The molecule has 8 rings (SSSR count). The minimum Gasteiger partial charge on any atom is -0.456 e. The molecule has 4 nitrogen and oxygen atoms in total. The van der Waals surface area contributed by atoms with Crippen molar-refractivity contribution >= 4 is 62.4 Å². The molecule has 2 N–H and O–H groups in total. The SMILES string of the molecule is OB(O)c1ccc(N(c2ccc3c(c2)oc2ccccc23)c2c(-c3ccccc3)ccc3ccccc23)cc1-c1ccccc1. The molecule has 8 aromatic rings. The maximum atomic E-state index is 10.4. The summed E-state index contributed by atoms with van der Waals surface area (Å²) in [6, 6.07) is 53.3. The average Bonchev–Trinajstić information content (AvgIpc) is 3.47. The van der Waals surface area contributed by atoms with Crippen LogP contribution >= 0.6 is 0 Å². The van der Waals surface area contributed by atoms with Crippen molar-refractivity contribution in [3.8, 4) is 22.3 Å². The van der Waals surface area contributed by atoms with E-state index in [1.54, 1.807) is 0 Å². The summed E-state index contributed by atoms with van der Waals surface area (Å²) in [6.07, 6.45) is 0. The van der Waals surface area contributed by atoms with Gasteiger partial charge in [0.1, 0.15) is 11.2 Å². The summed E-state index contributed by atoms with van der Waals surface area (Å²) in [4.78, 5) is 2.26. The molecule has 0 saturated carbocycles. The summed E-state index contributed by atoms with van der Waals surface area (Å²) in [5, 5.41) is 25.1. The lowest BCUT2D eigenvalue weighted by molar-refractivity contribution is 0.426. The van der Waals surface area contributed by atoms with Crippen molar-refractivity contribution in [1.82, 2.24) is 0 Å². The molecule has 5 heteroatoms. The number of furan rings is 1. The summed E-state index contributed by atoms with van der Waals surface area (Å²) in [6.45, 7) is 0. The van der Waals surface area contributed by atoms with Gasteiger partial charge in [0.15, 0.2) is 0 Å². The van der Waals surface area contributed by atoms with Crippen molar-refractivity contribution in [3.05, 3.63) is 158 Å². The summed E-state index contributed by atoms with van der Waals surface area (Å²) >= 11 is 0. The van der Waals surface area contributed by atoms with E-state index in [1.807, 2.05) is 72.8 Å². The third-order valence-corrected chi connectivity index (χ3v) is 8.49. The Morgan fingerprint density at radius 1 is 0.467 bits per heavy atom. The van der Waals surface area contributed by atoms with Crippen LogP contribution in [0.25, 0.3) is 55.0 Å². The van der Waals surface area contributed by atoms with Crippen LogP contribution in [0.3, 0.4) is 0 Å². The molecule has 0 saturated heterocycles. The Morgan fingerprint density at radius 2 is 1.07 bits per heavy atom. The van der Waals surface area contributed by atoms with Gasteiger partial charge in [0, 0.05) is 39.2 Å². The van der Waals surface area contributed by atoms with Crippen molar-refractivity contribution < 1.29 is 14.5 Å². The molecule has 214 valence electrons. The van der Waals surface area contributed by atoms with E-state index in [4.69, 9.17) is 4.42 Å². The Bertz CT molecular complexity index is 2310. The van der Waals surface area contributed by atoms with Gasteiger partial charge in [-0.15, -0.1) is 0 Å². The van der Waals surface area contributed by atoms with Crippen molar-refractivity contribution in [3.63, 3.8) is 0 Å². The molecule has 0 aliphatic heterocycles. The van der Waals surface area contributed by atoms with Gasteiger partial charge in [-0.25, -0.2) is 0 Å². The predicted octanol–water partition coefficient (Wildman–Crippen LogP) is 9.22. The van der Waals surface area contributed by atoms with Crippen LogP contribution in [0.4, 0.5) is 17.1 Å². The van der Waals surface area contributed by atoms with E-state index < -0.39 is 7.12 Å². The fourth-order valence-electron chi connectivity index (χ4n) is 6.38. The maximum absolute atomic E-state index is 10.4. The first-order valence-corrected chi connectivity index (χ1v) is 15.0. The number of anilines is 3. The second kappa shape index (κ2) is 11.1. The lowest BCUT2D eigenvalue weighted by atomic mass is 9.75. The van der Waals surface area contributed by atoms with E-state index in [0.29, 0.717) is 5.46 Å². The van der Waals surface area contributed by atoms with Gasteiger partial charge in [-0.1, -0.05) is 121 Å². The summed E-state index contributed by atoms with van der Waals surface area (Å²) in [5.41, 5.74) is 8.73. The molecular formula is C40H28BNO3. The highest BCUT2D eigenvalue weighted by atomic mass is 16.4. The second-order valence-electron chi connectivity index (χ2n) is 11.2. The third-order valence-electron chi connectivity index (χ3n) is 8.49. The van der Waals surface area contributed by atoms with Crippen molar-refractivity contribution in [2.45, 2.75) is 0 Å². The number of hydrogen-bond acceptors (Lipinski definition) is 4. The number of rotatable bonds is 6. The van der Waals surface area contributed by atoms with Crippen LogP contribution < -0.4 is 10.4 Å². The Labute approximate surface area is 261 Å². The van der Waals surface area contributed by atoms with Crippen molar-refractivity contribution in [2.24, 2.45) is 0 Å². The minimum absolute atomic E-state index is 0.443. The molecule has 45 heavy (non-hydrogen) atoms. The van der Waals surface area contributed by atoms with Gasteiger partial charge >= 0.3 is 7.12 Å². The summed E-state index contributed by atoms with van der Waals surface area (Å²) in [5.74, 6) is 0. The van der Waals surface area contributed by atoms with Gasteiger partial charge in [0.25, 0.3) is 0 Å². The highest BCUT2D eigenvalue weighted by molar-refractivity contribution is 6.60. The first kappa shape index (κ1) is 27.0. The quantitative estimate of drug-likeness (QED) is 0.192. The van der Waals surface area contributed by atoms with Crippen LogP contribution in [-0.4, -0.2) is 17.2 Å². The maximum Gasteiger partial charge on any atom is 0.489 e. The lowest BCUT2D eigenvalue weighted by Gasteiger charge is -2.30. The molecule has 0 radical (unpaired) electrons. The van der Waals surface area contributed by atoms with Gasteiger partial charge in [0.05, 0.1) is 5.69 Å². The Morgan fingerprint density at radius 3 is 1.82 bits per heavy atom. The third kappa shape index (κ3) is 4.75. The van der Waals surface area contributed by atoms with E-state index in [-0.39, 0.29) is 0 Å². The molecule has 0 amide bonds. The second-order valence-corrected chi connectivity index (χ2v) is 11.2. The molecule has 0 aliphatic rings. The predicted molar refractivity (Wildman–Crippen MR) is 187 cm³/mol. The smallest absolute Gasteiger partial charge is 0.456 e. The summed E-state index contributed by atoms with van der Waals surface area (Å²) in [7, 11) is -1.62. The van der Waals surface area contributed by atoms with Crippen LogP contribution in [0.15, 0.2) is 162 Å². The van der Waals surface area contributed by atoms with E-state index in [9.17, 15) is 10.0 Å². The van der Waals surface area contributed by atoms with E-state index in [0.717, 1.165) is 72.0 Å². The zero-order chi connectivity index (χ0) is 30.3. The lowest BCUT2D eigenvalue weighted by Crippen LogP contribution is -2.31. The molecule has 1 aromatic heterocycles. The molecule has 0 fully saturated rings. The number of benzene rings is 7. The van der Waals surface area contributed by atoms with Crippen molar-refractivity contribution in [2.75, 3.05) is 4.90 Å². The fourth-order valence-corrected chi connectivity index (χ4v) is 6.38.